The molecule has 0 amide bonds. The van der Waals surface area contributed by atoms with Gasteiger partial charge in [0.05, 0.1) is 0 Å². The summed E-state index contributed by atoms with van der Waals surface area (Å²) in [5.74, 6) is 10.2. The second kappa shape index (κ2) is 3.81. The molecule has 0 bridgehead atoms. The molecule has 0 nitrogen and oxygen atoms in total. The van der Waals surface area contributed by atoms with Crippen molar-refractivity contribution in [1.29, 1.82) is 0 Å². The van der Waals surface area contributed by atoms with E-state index in [9.17, 15) is 0 Å². The predicted molar refractivity (Wildman–Crippen MR) is 95.1 cm³/mol. The van der Waals surface area contributed by atoms with Crippen molar-refractivity contribution in [3.8, 4) is 0 Å². The van der Waals surface area contributed by atoms with E-state index in [0.29, 0.717) is 0 Å². The summed E-state index contributed by atoms with van der Waals surface area (Å²) in [6.45, 7) is 0. The van der Waals surface area contributed by atoms with Gasteiger partial charge in [-0.15, -0.1) is 0 Å². The van der Waals surface area contributed by atoms with Gasteiger partial charge in [-0.05, 0) is 122 Å². The molecule has 0 saturated heterocycles. The highest BCUT2D eigenvalue weighted by molar-refractivity contribution is 5.58. The summed E-state index contributed by atoms with van der Waals surface area (Å²) < 4.78 is 0. The molecule has 0 aromatic carbocycles. The van der Waals surface area contributed by atoms with Crippen LogP contribution in [0.15, 0.2) is 33.9 Å². The Morgan fingerprint density at radius 1 is 0.625 bits per heavy atom. The van der Waals surface area contributed by atoms with Crippen LogP contribution in [0, 0.1) is 53.3 Å². The average molecular weight is 316 g/mol. The van der Waals surface area contributed by atoms with E-state index in [1.807, 2.05) is 22.3 Å². The van der Waals surface area contributed by atoms with E-state index < -0.39 is 0 Å². The summed E-state index contributed by atoms with van der Waals surface area (Å²) in [5.41, 5.74) is 9.44. The maximum atomic E-state index is 2.43. The van der Waals surface area contributed by atoms with Gasteiger partial charge in [0.15, 0.2) is 0 Å². The van der Waals surface area contributed by atoms with Gasteiger partial charge in [-0.2, -0.15) is 0 Å². The first kappa shape index (κ1) is 12.6. The number of allylic oxidation sites excluding steroid dienone is 6. The molecule has 0 heteroatoms. The second-order valence-corrected chi connectivity index (χ2v) is 10.8. The van der Waals surface area contributed by atoms with Gasteiger partial charge in [0.25, 0.3) is 0 Å². The topological polar surface area (TPSA) is 0 Å². The number of hydrogen-bond donors (Lipinski definition) is 0. The fraction of sp³-hybridized carbons (Fsp3) is 0.750. The first-order chi connectivity index (χ1) is 11.9. The highest BCUT2D eigenvalue weighted by atomic mass is 14.7. The molecule has 8 atom stereocenters. The fourth-order valence-electron chi connectivity index (χ4n) is 7.08. The zero-order chi connectivity index (χ0) is 15.2. The van der Waals surface area contributed by atoms with Crippen LogP contribution in [-0.4, -0.2) is 0 Å². The maximum Gasteiger partial charge on any atom is -0.00557 e. The molecule has 5 saturated carbocycles. The van der Waals surface area contributed by atoms with Gasteiger partial charge >= 0.3 is 0 Å². The van der Waals surface area contributed by atoms with Gasteiger partial charge in [-0.25, -0.2) is 0 Å². The van der Waals surface area contributed by atoms with Crippen molar-refractivity contribution < 1.29 is 0 Å². The average Bonchev–Trinajstić information content (AvgIpc) is 3.48. The Morgan fingerprint density at radius 2 is 1.25 bits per heavy atom. The van der Waals surface area contributed by atoms with Gasteiger partial charge in [0.1, 0.15) is 0 Å². The highest BCUT2D eigenvalue weighted by Gasteiger charge is 2.64. The second-order valence-electron chi connectivity index (χ2n) is 10.8. The molecule has 0 spiro atoms. The quantitative estimate of drug-likeness (QED) is 0.531. The largest absolute Gasteiger partial charge is 0.0763 e. The Balaban J connectivity index is 0.894. The zero-order valence-electron chi connectivity index (χ0n) is 14.6. The van der Waals surface area contributed by atoms with Gasteiger partial charge in [-0.1, -0.05) is 22.8 Å². The predicted octanol–water partition coefficient (Wildman–Crippen LogP) is 5.67. The lowest BCUT2D eigenvalue weighted by Crippen LogP contribution is -1.92. The normalized spacial score (nSPS) is 55.4. The summed E-state index contributed by atoms with van der Waals surface area (Å²) >= 11 is 0. The molecule has 8 rings (SSSR count). The molecular weight excluding hydrogens is 288 g/mol. The molecule has 8 unspecified atom stereocenters. The van der Waals surface area contributed by atoms with E-state index in [2.05, 4.69) is 6.08 Å². The first-order valence-electron chi connectivity index (χ1n) is 11.0. The van der Waals surface area contributed by atoms with Crippen LogP contribution in [0.5, 0.6) is 0 Å². The van der Waals surface area contributed by atoms with Crippen LogP contribution in [-0.2, 0) is 0 Å². The molecule has 5 fully saturated rings. The van der Waals surface area contributed by atoms with Crippen molar-refractivity contribution >= 4 is 0 Å². The van der Waals surface area contributed by atoms with Gasteiger partial charge in [-0.3, -0.25) is 0 Å². The third kappa shape index (κ3) is 1.81. The Labute approximate surface area is 145 Å². The van der Waals surface area contributed by atoms with E-state index in [4.69, 9.17) is 0 Å². The van der Waals surface area contributed by atoms with E-state index in [-0.39, 0.29) is 0 Å². The molecule has 0 N–H and O–H groups in total. The molecule has 0 aliphatic heterocycles. The summed E-state index contributed by atoms with van der Waals surface area (Å²) in [4.78, 5) is 0. The van der Waals surface area contributed by atoms with Crippen LogP contribution >= 0.6 is 0 Å². The lowest BCUT2D eigenvalue weighted by atomic mass is 10.1. The van der Waals surface area contributed by atoms with Crippen LogP contribution < -0.4 is 0 Å². The number of hydrogen-bond acceptors (Lipinski definition) is 0. The third-order valence-corrected chi connectivity index (χ3v) is 9.17. The molecule has 124 valence electrons. The molecular formula is C24H28. The SMILES string of the molecule is C1=C(C2=C(C3CC3C3CC3C3CC3C3=C(C4CC4C4CC4)C3)C2)C1. The summed E-state index contributed by atoms with van der Waals surface area (Å²) in [5, 5.41) is 0. The highest BCUT2D eigenvalue weighted by Crippen LogP contribution is 2.73. The van der Waals surface area contributed by atoms with Crippen molar-refractivity contribution in [2.24, 2.45) is 53.3 Å². The van der Waals surface area contributed by atoms with Crippen LogP contribution in [0.3, 0.4) is 0 Å². The molecule has 8 aliphatic rings. The maximum absolute atomic E-state index is 2.43. The van der Waals surface area contributed by atoms with E-state index in [1.54, 1.807) is 44.1 Å². The number of rotatable bonds is 7. The molecule has 0 heterocycles. The molecule has 0 aromatic heterocycles. The van der Waals surface area contributed by atoms with Crippen molar-refractivity contribution in [2.45, 2.75) is 57.8 Å². The van der Waals surface area contributed by atoms with E-state index in [1.165, 1.54) is 31.1 Å². The van der Waals surface area contributed by atoms with Crippen molar-refractivity contribution in [3.05, 3.63) is 33.9 Å². The van der Waals surface area contributed by atoms with E-state index >= 15 is 0 Å². The summed E-state index contributed by atoms with van der Waals surface area (Å²) in [6.07, 6.45) is 16.2. The minimum Gasteiger partial charge on any atom is -0.0763 e. The first-order valence-corrected chi connectivity index (χ1v) is 11.0. The van der Waals surface area contributed by atoms with Crippen LogP contribution in [0.2, 0.25) is 0 Å². The minimum absolute atomic E-state index is 1.06. The van der Waals surface area contributed by atoms with Crippen molar-refractivity contribution in [1.82, 2.24) is 0 Å². The Bertz CT molecular complexity index is 772. The van der Waals surface area contributed by atoms with Crippen LogP contribution in [0.4, 0.5) is 0 Å². The Morgan fingerprint density at radius 3 is 1.92 bits per heavy atom. The zero-order valence-corrected chi connectivity index (χ0v) is 14.6. The van der Waals surface area contributed by atoms with Gasteiger partial charge in [0, 0.05) is 0 Å². The standard InChI is InChI=1S/C24H28/c1-2-11(1)13-5-15(13)17-7-19(17)21-9-23(21)24-10-22(24)20-8-18(20)16-6-14(16)12-3-4-12/h1,12,14,16-17,19,21-24H,2-10H2. The van der Waals surface area contributed by atoms with E-state index in [0.717, 1.165) is 41.4 Å². The van der Waals surface area contributed by atoms with Crippen molar-refractivity contribution in [3.63, 3.8) is 0 Å². The van der Waals surface area contributed by atoms with Gasteiger partial charge in [0.2, 0.25) is 0 Å². The van der Waals surface area contributed by atoms with Crippen LogP contribution in [0.1, 0.15) is 57.8 Å². The Hall–Kier alpha value is -0.780. The van der Waals surface area contributed by atoms with Crippen molar-refractivity contribution in [2.75, 3.05) is 0 Å². The minimum atomic E-state index is 1.06. The fourth-order valence-corrected chi connectivity index (χ4v) is 7.08. The summed E-state index contributed by atoms with van der Waals surface area (Å²) in [6, 6.07) is 0. The lowest BCUT2D eigenvalue weighted by molar-refractivity contribution is 0.547. The lowest BCUT2D eigenvalue weighted by Gasteiger charge is -1.97. The smallest absolute Gasteiger partial charge is 0.00557 e. The summed E-state index contributed by atoms with van der Waals surface area (Å²) in [7, 11) is 0. The molecule has 0 radical (unpaired) electrons. The molecule has 24 heavy (non-hydrogen) atoms. The third-order valence-electron chi connectivity index (χ3n) is 9.17. The Kier molecular flexibility index (Phi) is 1.99. The molecule has 0 aromatic rings. The van der Waals surface area contributed by atoms with Crippen LogP contribution in [0.25, 0.3) is 0 Å². The molecule has 8 aliphatic carbocycles. The monoisotopic (exact) mass is 316 g/mol. The van der Waals surface area contributed by atoms with Gasteiger partial charge < -0.3 is 0 Å².